The first kappa shape index (κ1) is 11.6. The summed E-state index contributed by atoms with van der Waals surface area (Å²) in [4.78, 5) is 3.53. The molecule has 0 aliphatic heterocycles. The highest BCUT2D eigenvalue weighted by Gasteiger charge is 2.23. The van der Waals surface area contributed by atoms with Crippen LogP contribution in [0.15, 0.2) is 48.5 Å². The van der Waals surface area contributed by atoms with Crippen molar-refractivity contribution in [3.8, 4) is 17.0 Å². The van der Waals surface area contributed by atoms with Gasteiger partial charge in [0.25, 0.3) is 0 Å². The molecule has 0 bridgehead atoms. The van der Waals surface area contributed by atoms with Crippen molar-refractivity contribution in [3.63, 3.8) is 0 Å². The van der Waals surface area contributed by atoms with Crippen molar-refractivity contribution < 1.29 is 4.74 Å². The number of rotatable bonds is 3. The van der Waals surface area contributed by atoms with Crippen LogP contribution in [0.1, 0.15) is 24.3 Å². The van der Waals surface area contributed by atoms with Gasteiger partial charge in [-0.3, -0.25) is 0 Å². The van der Waals surface area contributed by atoms with Crippen LogP contribution >= 0.6 is 0 Å². The van der Waals surface area contributed by atoms with Crippen LogP contribution in [0.5, 0.6) is 5.75 Å². The number of benzene rings is 2. The zero-order chi connectivity index (χ0) is 13.5. The zero-order valence-corrected chi connectivity index (χ0v) is 11.5. The van der Waals surface area contributed by atoms with Crippen molar-refractivity contribution >= 4 is 10.9 Å². The molecule has 2 heteroatoms. The second-order valence-corrected chi connectivity index (χ2v) is 5.54. The van der Waals surface area contributed by atoms with Gasteiger partial charge in [-0.15, -0.1) is 0 Å². The second kappa shape index (κ2) is 4.41. The SMILES string of the molecule is COc1cccc(-c2cc3ccc(C4CC4)cc3[nH]2)c1. The molecule has 1 aliphatic carbocycles. The molecule has 3 aromatic rings. The monoisotopic (exact) mass is 263 g/mol. The van der Waals surface area contributed by atoms with E-state index in [-0.39, 0.29) is 0 Å². The zero-order valence-electron chi connectivity index (χ0n) is 11.5. The number of nitrogens with one attached hydrogen (secondary N) is 1. The molecule has 2 aromatic carbocycles. The van der Waals surface area contributed by atoms with E-state index >= 15 is 0 Å². The van der Waals surface area contributed by atoms with Crippen LogP contribution in [0, 0.1) is 0 Å². The summed E-state index contributed by atoms with van der Waals surface area (Å²) in [5.74, 6) is 1.68. The Labute approximate surface area is 118 Å². The van der Waals surface area contributed by atoms with Gasteiger partial charge in [0.15, 0.2) is 0 Å². The number of H-pyrrole nitrogens is 1. The molecule has 1 aromatic heterocycles. The lowest BCUT2D eigenvalue weighted by atomic mass is 10.1. The molecular formula is C18H17NO. The normalized spacial score (nSPS) is 14.7. The van der Waals surface area contributed by atoms with E-state index in [1.54, 1.807) is 7.11 Å². The van der Waals surface area contributed by atoms with Gasteiger partial charge in [-0.05, 0) is 48.6 Å². The molecule has 20 heavy (non-hydrogen) atoms. The summed E-state index contributed by atoms with van der Waals surface area (Å²) in [5.41, 5.74) is 5.00. The molecule has 0 atom stereocenters. The van der Waals surface area contributed by atoms with Crippen molar-refractivity contribution in [1.82, 2.24) is 4.98 Å². The lowest BCUT2D eigenvalue weighted by molar-refractivity contribution is 0.415. The Kier molecular flexibility index (Phi) is 2.56. The van der Waals surface area contributed by atoms with Crippen LogP contribution in [0.2, 0.25) is 0 Å². The fourth-order valence-corrected chi connectivity index (χ4v) is 2.76. The van der Waals surface area contributed by atoms with Gasteiger partial charge < -0.3 is 9.72 Å². The summed E-state index contributed by atoms with van der Waals surface area (Å²) in [5, 5.41) is 1.27. The average Bonchev–Trinajstić information content (AvgIpc) is 3.26. The lowest BCUT2D eigenvalue weighted by Crippen LogP contribution is -1.83. The molecule has 0 amide bonds. The van der Waals surface area contributed by atoms with E-state index in [1.165, 1.54) is 29.3 Å². The Morgan fingerprint density at radius 2 is 1.95 bits per heavy atom. The number of fused-ring (bicyclic) bond motifs is 1. The summed E-state index contributed by atoms with van der Waals surface area (Å²) in [6, 6.07) is 17.2. The molecule has 1 fully saturated rings. The van der Waals surface area contributed by atoms with Gasteiger partial charge in [0.1, 0.15) is 5.75 Å². The second-order valence-electron chi connectivity index (χ2n) is 5.54. The first-order valence-corrected chi connectivity index (χ1v) is 7.10. The van der Waals surface area contributed by atoms with Crippen molar-refractivity contribution in [2.45, 2.75) is 18.8 Å². The Morgan fingerprint density at radius 3 is 2.75 bits per heavy atom. The maximum atomic E-state index is 5.30. The fraction of sp³-hybridized carbons (Fsp3) is 0.222. The summed E-state index contributed by atoms with van der Waals surface area (Å²) < 4.78 is 5.30. The number of hydrogen-bond donors (Lipinski definition) is 1. The maximum Gasteiger partial charge on any atom is 0.119 e. The van der Waals surface area contributed by atoms with Crippen LogP contribution in [0.4, 0.5) is 0 Å². The number of methoxy groups -OCH3 is 1. The average molecular weight is 263 g/mol. The molecule has 1 N–H and O–H groups in total. The van der Waals surface area contributed by atoms with E-state index in [0.717, 1.165) is 22.9 Å². The predicted octanol–water partition coefficient (Wildman–Crippen LogP) is 4.72. The summed E-state index contributed by atoms with van der Waals surface area (Å²) in [6.07, 6.45) is 2.68. The first-order chi connectivity index (χ1) is 9.83. The minimum Gasteiger partial charge on any atom is -0.497 e. The molecule has 0 radical (unpaired) electrons. The van der Waals surface area contributed by atoms with Gasteiger partial charge in [-0.2, -0.15) is 0 Å². The Bertz CT molecular complexity index is 768. The van der Waals surface area contributed by atoms with Gasteiger partial charge in [0, 0.05) is 22.2 Å². The van der Waals surface area contributed by atoms with Crippen molar-refractivity contribution in [3.05, 3.63) is 54.1 Å². The van der Waals surface area contributed by atoms with E-state index in [4.69, 9.17) is 4.74 Å². The minimum absolute atomic E-state index is 0.794. The lowest BCUT2D eigenvalue weighted by Gasteiger charge is -2.02. The molecule has 0 spiro atoms. The third kappa shape index (κ3) is 1.97. The molecular weight excluding hydrogens is 246 g/mol. The van der Waals surface area contributed by atoms with E-state index in [0.29, 0.717) is 0 Å². The molecule has 2 nitrogen and oxygen atoms in total. The molecule has 0 unspecified atom stereocenters. The van der Waals surface area contributed by atoms with E-state index in [1.807, 2.05) is 12.1 Å². The largest absolute Gasteiger partial charge is 0.497 e. The van der Waals surface area contributed by atoms with Gasteiger partial charge in [-0.1, -0.05) is 24.3 Å². The number of aromatic amines is 1. The number of ether oxygens (including phenoxy) is 1. The Morgan fingerprint density at radius 1 is 1.05 bits per heavy atom. The van der Waals surface area contributed by atoms with Crippen molar-refractivity contribution in [1.29, 1.82) is 0 Å². The quantitative estimate of drug-likeness (QED) is 0.726. The van der Waals surface area contributed by atoms with E-state index in [9.17, 15) is 0 Å². The highest BCUT2D eigenvalue weighted by molar-refractivity contribution is 5.86. The standard InChI is InChI=1S/C18H17NO/c1-20-16-4-2-3-14(9-16)18-11-15-8-7-13(12-5-6-12)10-17(15)19-18/h2-4,7-12,19H,5-6H2,1H3. The van der Waals surface area contributed by atoms with Crippen LogP contribution in [-0.4, -0.2) is 12.1 Å². The van der Waals surface area contributed by atoms with Crippen molar-refractivity contribution in [2.24, 2.45) is 0 Å². The molecule has 100 valence electrons. The number of hydrogen-bond acceptors (Lipinski definition) is 1. The minimum atomic E-state index is 0.794. The van der Waals surface area contributed by atoms with Crippen LogP contribution in [-0.2, 0) is 0 Å². The van der Waals surface area contributed by atoms with E-state index in [2.05, 4.69) is 41.4 Å². The molecule has 1 saturated carbocycles. The predicted molar refractivity (Wildman–Crippen MR) is 82.3 cm³/mol. The molecule has 4 rings (SSSR count). The van der Waals surface area contributed by atoms with E-state index < -0.39 is 0 Å². The topological polar surface area (TPSA) is 25.0 Å². The first-order valence-electron chi connectivity index (χ1n) is 7.10. The Balaban J connectivity index is 1.79. The molecule has 0 saturated heterocycles. The highest BCUT2D eigenvalue weighted by atomic mass is 16.5. The summed E-state index contributed by atoms with van der Waals surface area (Å²) in [7, 11) is 1.70. The van der Waals surface area contributed by atoms with Gasteiger partial charge in [0.05, 0.1) is 7.11 Å². The Hall–Kier alpha value is -2.22. The van der Waals surface area contributed by atoms with Crippen LogP contribution in [0.3, 0.4) is 0 Å². The van der Waals surface area contributed by atoms with Gasteiger partial charge >= 0.3 is 0 Å². The number of aromatic nitrogens is 1. The summed E-state index contributed by atoms with van der Waals surface area (Å²) in [6.45, 7) is 0. The maximum absolute atomic E-state index is 5.30. The molecule has 1 aliphatic rings. The summed E-state index contributed by atoms with van der Waals surface area (Å²) >= 11 is 0. The van der Waals surface area contributed by atoms with Crippen LogP contribution in [0.25, 0.3) is 22.2 Å². The fourth-order valence-electron chi connectivity index (χ4n) is 2.76. The third-order valence-corrected chi connectivity index (χ3v) is 4.08. The van der Waals surface area contributed by atoms with Gasteiger partial charge in [0.2, 0.25) is 0 Å². The molecule has 1 heterocycles. The van der Waals surface area contributed by atoms with Gasteiger partial charge in [-0.25, -0.2) is 0 Å². The smallest absolute Gasteiger partial charge is 0.119 e. The third-order valence-electron chi connectivity index (χ3n) is 4.08. The van der Waals surface area contributed by atoms with Crippen LogP contribution < -0.4 is 4.74 Å². The van der Waals surface area contributed by atoms with Crippen molar-refractivity contribution in [2.75, 3.05) is 7.11 Å². The highest BCUT2D eigenvalue weighted by Crippen LogP contribution is 2.41.